The normalized spacial score (nSPS) is 24.3. The summed E-state index contributed by atoms with van der Waals surface area (Å²) < 4.78 is 5.13. The van der Waals surface area contributed by atoms with Gasteiger partial charge in [0.15, 0.2) is 5.82 Å². The van der Waals surface area contributed by atoms with Crippen molar-refractivity contribution in [2.75, 3.05) is 33.7 Å². The van der Waals surface area contributed by atoms with Crippen LogP contribution in [0.15, 0.2) is 4.52 Å². The SMILES string of the molecule is CC(O)Cc1nc(CC2CN(C)CCN2C)no1. The van der Waals surface area contributed by atoms with Gasteiger partial charge in [-0.05, 0) is 21.0 Å². The quantitative estimate of drug-likeness (QED) is 0.801. The first kappa shape index (κ1) is 13.5. The van der Waals surface area contributed by atoms with E-state index >= 15 is 0 Å². The minimum Gasteiger partial charge on any atom is -0.393 e. The highest BCUT2D eigenvalue weighted by Crippen LogP contribution is 2.11. The van der Waals surface area contributed by atoms with E-state index < -0.39 is 6.10 Å². The molecule has 1 N–H and O–H groups in total. The number of hydrogen-bond donors (Lipinski definition) is 1. The number of hydrogen-bond acceptors (Lipinski definition) is 6. The zero-order valence-electron chi connectivity index (χ0n) is 11.3. The molecule has 18 heavy (non-hydrogen) atoms. The first-order valence-corrected chi connectivity index (χ1v) is 6.43. The summed E-state index contributed by atoms with van der Waals surface area (Å²) in [7, 11) is 4.27. The van der Waals surface area contributed by atoms with Gasteiger partial charge in [0.2, 0.25) is 5.89 Å². The van der Waals surface area contributed by atoms with Crippen LogP contribution in [0.1, 0.15) is 18.6 Å². The van der Waals surface area contributed by atoms with E-state index in [1.165, 1.54) is 0 Å². The van der Waals surface area contributed by atoms with Gasteiger partial charge in [0.25, 0.3) is 0 Å². The molecular formula is C12H22N4O2. The first-order chi connectivity index (χ1) is 8.54. The number of aromatic nitrogens is 2. The molecule has 0 radical (unpaired) electrons. The van der Waals surface area contributed by atoms with E-state index in [4.69, 9.17) is 4.52 Å². The number of aliphatic hydroxyl groups excluding tert-OH is 1. The van der Waals surface area contributed by atoms with Gasteiger partial charge in [0, 0.05) is 32.1 Å². The number of aliphatic hydroxyl groups is 1. The lowest BCUT2D eigenvalue weighted by atomic mass is 10.1. The molecule has 1 saturated heterocycles. The Hall–Kier alpha value is -0.980. The van der Waals surface area contributed by atoms with Gasteiger partial charge in [-0.15, -0.1) is 0 Å². The third kappa shape index (κ3) is 3.51. The van der Waals surface area contributed by atoms with Crippen LogP contribution < -0.4 is 0 Å². The molecule has 2 heterocycles. The van der Waals surface area contributed by atoms with Gasteiger partial charge in [-0.3, -0.25) is 0 Å². The van der Waals surface area contributed by atoms with Crippen LogP contribution in [-0.2, 0) is 12.8 Å². The molecule has 6 heteroatoms. The Morgan fingerprint density at radius 1 is 1.44 bits per heavy atom. The molecule has 102 valence electrons. The lowest BCUT2D eigenvalue weighted by molar-refractivity contribution is 0.113. The molecular weight excluding hydrogens is 232 g/mol. The van der Waals surface area contributed by atoms with E-state index in [-0.39, 0.29) is 0 Å². The highest BCUT2D eigenvalue weighted by Gasteiger charge is 2.24. The molecule has 0 amide bonds. The summed E-state index contributed by atoms with van der Waals surface area (Å²) in [5.41, 5.74) is 0. The number of likely N-dealkylation sites (N-methyl/N-ethyl adjacent to an activating group) is 2. The van der Waals surface area contributed by atoms with Crippen molar-refractivity contribution in [2.45, 2.75) is 31.9 Å². The fourth-order valence-corrected chi connectivity index (χ4v) is 2.24. The highest BCUT2D eigenvalue weighted by molar-refractivity contribution is 4.93. The Bertz CT molecular complexity index is 380. The average Bonchev–Trinajstić information content (AvgIpc) is 2.70. The monoisotopic (exact) mass is 254 g/mol. The Balaban J connectivity index is 1.93. The van der Waals surface area contributed by atoms with Crippen molar-refractivity contribution in [3.05, 3.63) is 11.7 Å². The smallest absolute Gasteiger partial charge is 0.229 e. The molecule has 0 spiro atoms. The Morgan fingerprint density at radius 2 is 2.22 bits per heavy atom. The topological polar surface area (TPSA) is 65.6 Å². The van der Waals surface area contributed by atoms with Crippen molar-refractivity contribution in [2.24, 2.45) is 0 Å². The predicted molar refractivity (Wildman–Crippen MR) is 67.3 cm³/mol. The maximum Gasteiger partial charge on any atom is 0.229 e. The third-order valence-electron chi connectivity index (χ3n) is 3.38. The van der Waals surface area contributed by atoms with Crippen LogP contribution in [0.4, 0.5) is 0 Å². The maximum absolute atomic E-state index is 9.27. The summed E-state index contributed by atoms with van der Waals surface area (Å²) >= 11 is 0. The summed E-state index contributed by atoms with van der Waals surface area (Å²) in [4.78, 5) is 8.98. The molecule has 6 nitrogen and oxygen atoms in total. The van der Waals surface area contributed by atoms with Crippen molar-refractivity contribution < 1.29 is 9.63 Å². The average molecular weight is 254 g/mol. The lowest BCUT2D eigenvalue weighted by Crippen LogP contribution is -2.50. The second kappa shape index (κ2) is 5.77. The van der Waals surface area contributed by atoms with E-state index in [1.54, 1.807) is 6.92 Å². The van der Waals surface area contributed by atoms with Crippen molar-refractivity contribution in [3.8, 4) is 0 Å². The molecule has 0 aromatic carbocycles. The number of nitrogens with zero attached hydrogens (tertiary/aromatic N) is 4. The van der Waals surface area contributed by atoms with Crippen LogP contribution >= 0.6 is 0 Å². The van der Waals surface area contributed by atoms with Gasteiger partial charge in [-0.1, -0.05) is 5.16 Å². The zero-order valence-corrected chi connectivity index (χ0v) is 11.3. The van der Waals surface area contributed by atoms with E-state index in [9.17, 15) is 5.11 Å². The zero-order chi connectivity index (χ0) is 13.1. The molecule has 2 rings (SSSR count). The van der Waals surface area contributed by atoms with Gasteiger partial charge in [0.1, 0.15) is 0 Å². The van der Waals surface area contributed by atoms with Gasteiger partial charge in [0.05, 0.1) is 12.5 Å². The molecule has 2 atom stereocenters. The third-order valence-corrected chi connectivity index (χ3v) is 3.38. The lowest BCUT2D eigenvalue weighted by Gasteiger charge is -2.37. The van der Waals surface area contributed by atoms with Crippen LogP contribution in [0, 0.1) is 0 Å². The van der Waals surface area contributed by atoms with Crippen LogP contribution in [0.25, 0.3) is 0 Å². The summed E-state index contributed by atoms with van der Waals surface area (Å²) in [5, 5.41) is 13.3. The van der Waals surface area contributed by atoms with Gasteiger partial charge in [-0.2, -0.15) is 4.98 Å². The molecule has 1 fully saturated rings. The maximum atomic E-state index is 9.27. The van der Waals surface area contributed by atoms with Crippen LogP contribution in [-0.4, -0.2) is 70.9 Å². The Labute approximate surface area is 108 Å². The second-order valence-electron chi connectivity index (χ2n) is 5.26. The van der Waals surface area contributed by atoms with E-state index in [2.05, 4.69) is 34.0 Å². The summed E-state index contributed by atoms with van der Waals surface area (Å²) in [5.74, 6) is 1.25. The van der Waals surface area contributed by atoms with Gasteiger partial charge >= 0.3 is 0 Å². The molecule has 0 bridgehead atoms. The molecule has 1 aliphatic rings. The summed E-state index contributed by atoms with van der Waals surface area (Å²) in [6.45, 7) is 4.91. The van der Waals surface area contributed by atoms with Gasteiger partial charge < -0.3 is 19.4 Å². The molecule has 0 aliphatic carbocycles. The first-order valence-electron chi connectivity index (χ1n) is 6.43. The molecule has 0 saturated carbocycles. The van der Waals surface area contributed by atoms with Crippen molar-refractivity contribution >= 4 is 0 Å². The highest BCUT2D eigenvalue weighted by atomic mass is 16.5. The minimum atomic E-state index is -0.443. The van der Waals surface area contributed by atoms with E-state index in [0.717, 1.165) is 31.9 Å². The Kier molecular flexibility index (Phi) is 4.31. The van der Waals surface area contributed by atoms with Gasteiger partial charge in [-0.25, -0.2) is 0 Å². The second-order valence-corrected chi connectivity index (χ2v) is 5.26. The fraction of sp³-hybridized carbons (Fsp3) is 0.833. The van der Waals surface area contributed by atoms with Crippen LogP contribution in [0.5, 0.6) is 0 Å². The number of piperazine rings is 1. The van der Waals surface area contributed by atoms with Crippen LogP contribution in [0.2, 0.25) is 0 Å². The van der Waals surface area contributed by atoms with Crippen LogP contribution in [0.3, 0.4) is 0 Å². The summed E-state index contributed by atoms with van der Waals surface area (Å²) in [6, 6.07) is 0.431. The molecule has 1 aromatic heterocycles. The standard InChI is InChI=1S/C12H22N4O2/c1-9(17)6-12-13-11(14-18-12)7-10-8-15(2)4-5-16(10)3/h9-10,17H,4-8H2,1-3H3. The van der Waals surface area contributed by atoms with Crippen molar-refractivity contribution in [1.82, 2.24) is 19.9 Å². The minimum absolute atomic E-state index is 0.424. The molecule has 1 aromatic rings. The van der Waals surface area contributed by atoms with Crippen molar-refractivity contribution in [1.29, 1.82) is 0 Å². The predicted octanol–water partition coefficient (Wildman–Crippen LogP) is -0.219. The fourth-order valence-electron chi connectivity index (χ4n) is 2.24. The largest absolute Gasteiger partial charge is 0.393 e. The molecule has 2 unspecified atom stereocenters. The summed E-state index contributed by atoms with van der Waals surface area (Å²) in [6.07, 6.45) is 0.777. The van der Waals surface area contributed by atoms with E-state index in [1.807, 2.05) is 0 Å². The number of rotatable bonds is 4. The van der Waals surface area contributed by atoms with Crippen molar-refractivity contribution in [3.63, 3.8) is 0 Å². The Morgan fingerprint density at radius 3 is 2.94 bits per heavy atom. The molecule has 1 aliphatic heterocycles. The van der Waals surface area contributed by atoms with E-state index in [0.29, 0.717) is 18.4 Å².